The van der Waals surface area contributed by atoms with E-state index in [9.17, 15) is 9.59 Å². The standard InChI is InChI=1S/C15H26N5O3.ClH/c1-11(20(4,5)7-6-8-21)9-19-10-16-13-12(19)14(22)18(3)15(23)17(13)2;/h10-11,21H,6-9H2,1-5H3;1H/q+1;/p-1. The highest BCUT2D eigenvalue weighted by Gasteiger charge is 2.25. The van der Waals surface area contributed by atoms with E-state index >= 15 is 0 Å². The van der Waals surface area contributed by atoms with Crippen LogP contribution in [-0.4, -0.2) is 61.6 Å². The molecule has 9 heteroatoms. The molecule has 0 radical (unpaired) electrons. The number of hydrogen-bond donors (Lipinski definition) is 1. The van der Waals surface area contributed by atoms with Crippen molar-refractivity contribution in [1.82, 2.24) is 18.7 Å². The molecule has 0 aliphatic rings. The highest BCUT2D eigenvalue weighted by Crippen LogP contribution is 2.13. The molecule has 0 aromatic carbocycles. The predicted octanol–water partition coefficient (Wildman–Crippen LogP) is -3.71. The van der Waals surface area contributed by atoms with Crippen molar-refractivity contribution < 1.29 is 22.0 Å². The number of aryl methyl sites for hydroxylation is 1. The van der Waals surface area contributed by atoms with Gasteiger partial charge < -0.3 is 26.6 Å². The summed E-state index contributed by atoms with van der Waals surface area (Å²) in [6.07, 6.45) is 2.35. The summed E-state index contributed by atoms with van der Waals surface area (Å²) in [5.74, 6) is 0. The first-order valence-corrected chi connectivity index (χ1v) is 7.75. The molecule has 1 unspecified atom stereocenters. The third kappa shape index (κ3) is 3.55. The van der Waals surface area contributed by atoms with Gasteiger partial charge in [-0.1, -0.05) is 0 Å². The van der Waals surface area contributed by atoms with Gasteiger partial charge in [-0.05, 0) is 6.92 Å². The van der Waals surface area contributed by atoms with Crippen molar-refractivity contribution >= 4 is 11.2 Å². The highest BCUT2D eigenvalue weighted by molar-refractivity contribution is 5.69. The van der Waals surface area contributed by atoms with Crippen LogP contribution < -0.4 is 23.7 Å². The summed E-state index contributed by atoms with van der Waals surface area (Å²) < 4.78 is 5.05. The van der Waals surface area contributed by atoms with Crippen molar-refractivity contribution in [1.29, 1.82) is 0 Å². The van der Waals surface area contributed by atoms with Crippen LogP contribution in [0.15, 0.2) is 15.9 Å². The van der Waals surface area contributed by atoms with Crippen LogP contribution in [0.25, 0.3) is 11.2 Å². The Kier molecular flexibility index (Phi) is 6.38. The number of fused-ring (bicyclic) bond motifs is 1. The number of rotatable bonds is 6. The molecule has 0 spiro atoms. The van der Waals surface area contributed by atoms with Gasteiger partial charge in [-0.3, -0.25) is 13.9 Å². The maximum absolute atomic E-state index is 12.4. The molecule has 0 fully saturated rings. The van der Waals surface area contributed by atoms with Crippen molar-refractivity contribution in [2.24, 2.45) is 14.1 Å². The first kappa shape index (κ1) is 20.4. The van der Waals surface area contributed by atoms with Gasteiger partial charge >= 0.3 is 5.69 Å². The van der Waals surface area contributed by atoms with E-state index in [1.54, 1.807) is 13.4 Å². The van der Waals surface area contributed by atoms with Crippen molar-refractivity contribution in [2.75, 3.05) is 27.2 Å². The van der Waals surface area contributed by atoms with Crippen LogP contribution >= 0.6 is 0 Å². The molecule has 0 saturated heterocycles. The Labute approximate surface area is 147 Å². The van der Waals surface area contributed by atoms with Gasteiger partial charge in [-0.25, -0.2) is 9.78 Å². The molecular weight excluding hydrogens is 334 g/mol. The summed E-state index contributed by atoms with van der Waals surface area (Å²) in [6.45, 7) is 3.74. The molecule has 1 atom stereocenters. The van der Waals surface area contributed by atoms with Crippen molar-refractivity contribution in [2.45, 2.75) is 25.9 Å². The maximum atomic E-state index is 12.4. The molecule has 0 aliphatic heterocycles. The summed E-state index contributed by atoms with van der Waals surface area (Å²) in [6, 6.07) is 0.223. The highest BCUT2D eigenvalue weighted by atomic mass is 35.5. The molecule has 2 rings (SSSR count). The fourth-order valence-electron chi connectivity index (χ4n) is 2.74. The van der Waals surface area contributed by atoms with Gasteiger partial charge in [0.2, 0.25) is 0 Å². The van der Waals surface area contributed by atoms with Crippen molar-refractivity contribution in [3.8, 4) is 0 Å². The van der Waals surface area contributed by atoms with E-state index in [0.717, 1.165) is 22.0 Å². The number of imidazole rings is 1. The summed E-state index contributed by atoms with van der Waals surface area (Å²) in [5, 5.41) is 9.03. The molecule has 2 aromatic rings. The minimum Gasteiger partial charge on any atom is -1.00 e. The van der Waals surface area contributed by atoms with Crippen LogP contribution in [0.2, 0.25) is 0 Å². The summed E-state index contributed by atoms with van der Waals surface area (Å²) in [7, 11) is 7.30. The smallest absolute Gasteiger partial charge is 0.332 e. The Bertz CT molecular complexity index is 821. The Morgan fingerprint density at radius 3 is 2.46 bits per heavy atom. The normalized spacial score (nSPS) is 13.1. The molecule has 0 bridgehead atoms. The molecule has 136 valence electrons. The SMILES string of the molecule is CC(Cn1cnc2c1c(=O)n(C)c(=O)n2C)[N+](C)(C)CCCO.[Cl-]. The van der Waals surface area contributed by atoms with Gasteiger partial charge in [0, 0.05) is 27.1 Å². The average Bonchev–Trinajstić information content (AvgIpc) is 2.92. The van der Waals surface area contributed by atoms with Gasteiger partial charge in [-0.15, -0.1) is 0 Å². The van der Waals surface area contributed by atoms with Crippen LogP contribution in [0, 0.1) is 0 Å². The van der Waals surface area contributed by atoms with E-state index in [1.807, 2.05) is 4.57 Å². The van der Waals surface area contributed by atoms with Gasteiger partial charge in [0.1, 0.15) is 6.04 Å². The van der Waals surface area contributed by atoms with Gasteiger partial charge in [0.25, 0.3) is 5.56 Å². The minimum atomic E-state index is -0.375. The second-order valence-corrected chi connectivity index (χ2v) is 6.70. The van der Waals surface area contributed by atoms with E-state index in [0.29, 0.717) is 17.7 Å². The first-order chi connectivity index (χ1) is 10.7. The largest absolute Gasteiger partial charge is 1.00 e. The Hall–Kier alpha value is -1.64. The third-order valence-electron chi connectivity index (χ3n) is 4.76. The van der Waals surface area contributed by atoms with Crippen LogP contribution in [0.1, 0.15) is 13.3 Å². The molecule has 24 heavy (non-hydrogen) atoms. The van der Waals surface area contributed by atoms with Crippen molar-refractivity contribution in [3.63, 3.8) is 0 Å². The van der Waals surface area contributed by atoms with Crippen LogP contribution in [-0.2, 0) is 20.6 Å². The fraction of sp³-hybridized carbons (Fsp3) is 0.667. The molecule has 2 aromatic heterocycles. The monoisotopic (exact) mass is 359 g/mol. The van der Waals surface area contributed by atoms with E-state index in [4.69, 9.17) is 5.11 Å². The van der Waals surface area contributed by atoms with Crippen LogP contribution in [0.3, 0.4) is 0 Å². The Balaban J connectivity index is 0.00000288. The number of aliphatic hydroxyl groups excluding tert-OH is 1. The molecule has 0 aliphatic carbocycles. The molecule has 8 nitrogen and oxygen atoms in total. The van der Waals surface area contributed by atoms with Gasteiger partial charge in [-0.2, -0.15) is 0 Å². The quantitative estimate of drug-likeness (QED) is 0.538. The number of quaternary nitrogens is 1. The average molecular weight is 360 g/mol. The van der Waals surface area contributed by atoms with E-state index in [1.165, 1.54) is 11.6 Å². The molecule has 0 saturated carbocycles. The van der Waals surface area contributed by atoms with Crippen LogP contribution in [0.4, 0.5) is 0 Å². The number of halogens is 1. The zero-order chi connectivity index (χ0) is 17.4. The molecule has 1 N–H and O–H groups in total. The third-order valence-corrected chi connectivity index (χ3v) is 4.76. The lowest BCUT2D eigenvalue weighted by atomic mass is 10.2. The summed E-state index contributed by atoms with van der Waals surface area (Å²) in [5.41, 5.74) is 0.155. The predicted molar refractivity (Wildman–Crippen MR) is 88.4 cm³/mol. The fourth-order valence-corrected chi connectivity index (χ4v) is 2.74. The van der Waals surface area contributed by atoms with E-state index < -0.39 is 0 Å². The lowest BCUT2D eigenvalue weighted by Crippen LogP contribution is -3.00. The molecule has 0 amide bonds. The van der Waals surface area contributed by atoms with Crippen LogP contribution in [0.5, 0.6) is 0 Å². The van der Waals surface area contributed by atoms with Crippen molar-refractivity contribution in [3.05, 3.63) is 27.2 Å². The lowest BCUT2D eigenvalue weighted by Gasteiger charge is -2.36. The zero-order valence-corrected chi connectivity index (χ0v) is 15.6. The van der Waals surface area contributed by atoms with E-state index in [2.05, 4.69) is 26.0 Å². The maximum Gasteiger partial charge on any atom is 0.332 e. The minimum absolute atomic E-state index is 0. The second-order valence-electron chi connectivity index (χ2n) is 6.70. The lowest BCUT2D eigenvalue weighted by molar-refractivity contribution is -0.914. The zero-order valence-electron chi connectivity index (χ0n) is 14.9. The van der Waals surface area contributed by atoms with Gasteiger partial charge in [0.15, 0.2) is 11.2 Å². The molecule has 2 heterocycles. The Morgan fingerprint density at radius 1 is 1.25 bits per heavy atom. The first-order valence-electron chi connectivity index (χ1n) is 7.75. The van der Waals surface area contributed by atoms with E-state index in [-0.39, 0.29) is 36.3 Å². The number of aromatic nitrogens is 4. The molecular formula is C15H26ClN5O3. The topological polar surface area (TPSA) is 82.0 Å². The number of likely N-dealkylation sites (N-methyl/N-ethyl adjacent to an activating group) is 1. The second kappa shape index (κ2) is 7.50. The number of hydrogen-bond acceptors (Lipinski definition) is 4. The number of aliphatic hydroxyl groups is 1. The number of nitrogens with zero attached hydrogens (tertiary/aromatic N) is 5. The Morgan fingerprint density at radius 2 is 1.88 bits per heavy atom. The van der Waals surface area contributed by atoms with Gasteiger partial charge in [0.05, 0.1) is 33.5 Å². The summed E-state index contributed by atoms with van der Waals surface area (Å²) in [4.78, 5) is 28.6. The summed E-state index contributed by atoms with van der Waals surface area (Å²) >= 11 is 0.